The molecule has 0 heterocycles. The van der Waals surface area contributed by atoms with Gasteiger partial charge in [0.25, 0.3) is 0 Å². The molecule has 1 aromatic carbocycles. The van der Waals surface area contributed by atoms with Crippen LogP contribution in [0.2, 0.25) is 0 Å². The summed E-state index contributed by atoms with van der Waals surface area (Å²) in [6.45, 7) is 3.96. The van der Waals surface area contributed by atoms with E-state index in [2.05, 4.69) is 16.0 Å². The number of carbonyl (C=O) groups excluding carboxylic acids is 3. The molecule has 1 fully saturated rings. The molecule has 0 bridgehead atoms. The van der Waals surface area contributed by atoms with Gasteiger partial charge in [-0.05, 0) is 50.9 Å². The highest BCUT2D eigenvalue weighted by molar-refractivity contribution is 5.96. The zero-order valence-corrected chi connectivity index (χ0v) is 15.7. The molecule has 0 unspecified atom stereocenters. The predicted molar refractivity (Wildman–Crippen MR) is 101 cm³/mol. The molecule has 4 amide bonds. The predicted octanol–water partition coefficient (Wildman–Crippen LogP) is 1.94. The maximum absolute atomic E-state index is 12.2. The first kappa shape index (κ1) is 19.9. The second-order valence-corrected chi connectivity index (χ2v) is 6.97. The van der Waals surface area contributed by atoms with Crippen LogP contribution in [0.3, 0.4) is 0 Å². The highest BCUT2D eigenvalue weighted by atomic mass is 16.2. The van der Waals surface area contributed by atoms with E-state index >= 15 is 0 Å². The van der Waals surface area contributed by atoms with Gasteiger partial charge in [-0.1, -0.05) is 25.0 Å². The molecule has 0 aliphatic heterocycles. The number of likely N-dealkylation sites (N-methyl/N-ethyl adjacent to an activating group) is 1. The van der Waals surface area contributed by atoms with E-state index in [4.69, 9.17) is 0 Å². The molecular weight excluding hydrogens is 332 g/mol. The summed E-state index contributed by atoms with van der Waals surface area (Å²) in [5.41, 5.74) is 2.89. The van der Waals surface area contributed by atoms with E-state index in [9.17, 15) is 14.4 Å². The zero-order chi connectivity index (χ0) is 19.1. The summed E-state index contributed by atoms with van der Waals surface area (Å²) in [6, 6.07) is 5.41. The summed E-state index contributed by atoms with van der Waals surface area (Å²) in [7, 11) is 1.66. The quantitative estimate of drug-likeness (QED) is 0.723. The lowest BCUT2D eigenvalue weighted by atomic mass is 10.1. The van der Waals surface area contributed by atoms with E-state index in [1.807, 2.05) is 32.0 Å². The normalized spacial score (nSPS) is 14.3. The molecule has 1 aliphatic carbocycles. The molecule has 1 aliphatic rings. The van der Waals surface area contributed by atoms with Crippen LogP contribution < -0.4 is 16.0 Å². The van der Waals surface area contributed by atoms with Gasteiger partial charge in [-0.15, -0.1) is 0 Å². The molecule has 2 rings (SSSR count). The van der Waals surface area contributed by atoms with Gasteiger partial charge in [-0.25, -0.2) is 4.79 Å². The average Bonchev–Trinajstić information content (AvgIpc) is 3.04. The van der Waals surface area contributed by atoms with Gasteiger partial charge in [0.15, 0.2) is 0 Å². The van der Waals surface area contributed by atoms with E-state index in [-0.39, 0.29) is 25.0 Å². The number of imide groups is 1. The van der Waals surface area contributed by atoms with Gasteiger partial charge in [0.05, 0.1) is 13.1 Å². The number of aryl methyl sites for hydroxylation is 1. The fraction of sp³-hybridized carbons (Fsp3) is 0.526. The monoisotopic (exact) mass is 360 g/mol. The van der Waals surface area contributed by atoms with Crippen molar-refractivity contribution in [3.05, 3.63) is 29.3 Å². The molecule has 1 saturated carbocycles. The number of rotatable bonds is 6. The summed E-state index contributed by atoms with van der Waals surface area (Å²) in [5, 5.41) is 7.97. The molecular formula is C19H28N4O3. The van der Waals surface area contributed by atoms with Crippen LogP contribution in [0, 0.1) is 13.8 Å². The van der Waals surface area contributed by atoms with Crippen molar-refractivity contribution in [1.82, 2.24) is 15.5 Å². The van der Waals surface area contributed by atoms with E-state index in [0.717, 1.165) is 42.5 Å². The topological polar surface area (TPSA) is 90.5 Å². The summed E-state index contributed by atoms with van der Waals surface area (Å²) in [4.78, 5) is 37.4. The number of hydrogen-bond donors (Lipinski definition) is 3. The lowest BCUT2D eigenvalue weighted by Gasteiger charge is -2.17. The molecule has 7 heteroatoms. The van der Waals surface area contributed by atoms with Crippen molar-refractivity contribution in [2.45, 2.75) is 45.6 Å². The second-order valence-electron chi connectivity index (χ2n) is 6.97. The van der Waals surface area contributed by atoms with Gasteiger partial charge in [0.1, 0.15) is 0 Å². The minimum absolute atomic E-state index is 0.0295. The van der Waals surface area contributed by atoms with Gasteiger partial charge in [0.2, 0.25) is 11.8 Å². The van der Waals surface area contributed by atoms with Gasteiger partial charge >= 0.3 is 6.03 Å². The van der Waals surface area contributed by atoms with Crippen molar-refractivity contribution in [1.29, 1.82) is 0 Å². The van der Waals surface area contributed by atoms with Crippen LogP contribution in [0.25, 0.3) is 0 Å². The Hall–Kier alpha value is -2.41. The van der Waals surface area contributed by atoms with Gasteiger partial charge in [0, 0.05) is 11.7 Å². The summed E-state index contributed by atoms with van der Waals surface area (Å²) < 4.78 is 0. The highest BCUT2D eigenvalue weighted by Gasteiger charge is 2.19. The number of amides is 4. The van der Waals surface area contributed by atoms with Crippen LogP contribution >= 0.6 is 0 Å². The highest BCUT2D eigenvalue weighted by Crippen LogP contribution is 2.18. The molecule has 26 heavy (non-hydrogen) atoms. The number of urea groups is 1. The van der Waals surface area contributed by atoms with Gasteiger partial charge in [-0.3, -0.25) is 19.8 Å². The molecule has 0 atom stereocenters. The van der Waals surface area contributed by atoms with Crippen LogP contribution in [-0.4, -0.2) is 48.9 Å². The molecule has 3 N–H and O–H groups in total. The van der Waals surface area contributed by atoms with E-state index in [1.54, 1.807) is 11.9 Å². The average molecular weight is 360 g/mol. The second kappa shape index (κ2) is 9.33. The Balaban J connectivity index is 1.73. The molecule has 0 radical (unpaired) electrons. The smallest absolute Gasteiger partial charge is 0.321 e. The standard InChI is InChI=1S/C19H28N4O3/c1-13-7-6-10-16(14(13)2)21-17(24)11-23(3)12-18(25)22-19(26)20-15-8-4-5-9-15/h6-7,10,15H,4-5,8-9,11-12H2,1-3H3,(H,21,24)(H2,20,22,25,26). The fourth-order valence-corrected chi connectivity index (χ4v) is 3.08. The molecule has 7 nitrogen and oxygen atoms in total. The zero-order valence-electron chi connectivity index (χ0n) is 15.7. The van der Waals surface area contributed by atoms with Crippen molar-refractivity contribution in [3.8, 4) is 0 Å². The van der Waals surface area contributed by atoms with Crippen LogP contribution in [0.15, 0.2) is 18.2 Å². The minimum Gasteiger partial charge on any atom is -0.335 e. The number of hydrogen-bond acceptors (Lipinski definition) is 4. The Labute approximate surface area is 154 Å². The lowest BCUT2D eigenvalue weighted by molar-refractivity contribution is -0.122. The Morgan fingerprint density at radius 3 is 2.42 bits per heavy atom. The third-order valence-electron chi connectivity index (χ3n) is 4.65. The van der Waals surface area contributed by atoms with Crippen molar-refractivity contribution in [2.75, 3.05) is 25.5 Å². The number of anilines is 1. The largest absolute Gasteiger partial charge is 0.335 e. The maximum Gasteiger partial charge on any atom is 0.321 e. The van der Waals surface area contributed by atoms with E-state index in [1.165, 1.54) is 0 Å². The first-order valence-corrected chi connectivity index (χ1v) is 9.00. The van der Waals surface area contributed by atoms with Crippen LogP contribution in [0.5, 0.6) is 0 Å². The Kier molecular flexibility index (Phi) is 7.15. The summed E-state index contributed by atoms with van der Waals surface area (Å²) in [6.07, 6.45) is 4.13. The van der Waals surface area contributed by atoms with Gasteiger partial charge in [-0.2, -0.15) is 0 Å². The van der Waals surface area contributed by atoms with Gasteiger partial charge < -0.3 is 10.6 Å². The minimum atomic E-state index is -0.463. The van der Waals surface area contributed by atoms with Crippen LogP contribution in [0.1, 0.15) is 36.8 Å². The SMILES string of the molecule is Cc1cccc(NC(=O)CN(C)CC(=O)NC(=O)NC2CCCC2)c1C. The lowest BCUT2D eigenvalue weighted by Crippen LogP contribution is -2.47. The first-order chi connectivity index (χ1) is 12.3. The third kappa shape index (κ3) is 6.15. The number of benzene rings is 1. The summed E-state index contributed by atoms with van der Waals surface area (Å²) >= 11 is 0. The van der Waals surface area contributed by atoms with E-state index < -0.39 is 11.9 Å². The van der Waals surface area contributed by atoms with Crippen molar-refractivity contribution >= 4 is 23.5 Å². The molecule has 0 spiro atoms. The Morgan fingerprint density at radius 2 is 1.73 bits per heavy atom. The van der Waals surface area contributed by atoms with Crippen LogP contribution in [0.4, 0.5) is 10.5 Å². The van der Waals surface area contributed by atoms with Crippen LogP contribution in [-0.2, 0) is 9.59 Å². The molecule has 0 saturated heterocycles. The molecule has 0 aromatic heterocycles. The van der Waals surface area contributed by atoms with E-state index in [0.29, 0.717) is 0 Å². The number of nitrogens with one attached hydrogen (secondary N) is 3. The molecule has 1 aromatic rings. The number of carbonyl (C=O) groups is 3. The van der Waals surface area contributed by atoms with Crippen molar-refractivity contribution < 1.29 is 14.4 Å². The Bertz CT molecular complexity index is 669. The summed E-state index contributed by atoms with van der Waals surface area (Å²) in [5.74, 6) is -0.632. The first-order valence-electron chi connectivity index (χ1n) is 9.00. The fourth-order valence-electron chi connectivity index (χ4n) is 3.08. The maximum atomic E-state index is 12.2. The number of nitrogens with zero attached hydrogens (tertiary/aromatic N) is 1. The Morgan fingerprint density at radius 1 is 1.08 bits per heavy atom. The van der Waals surface area contributed by atoms with Crippen molar-refractivity contribution in [2.24, 2.45) is 0 Å². The van der Waals surface area contributed by atoms with Crippen molar-refractivity contribution in [3.63, 3.8) is 0 Å². The molecule has 142 valence electrons. The third-order valence-corrected chi connectivity index (χ3v) is 4.65.